The maximum atomic E-state index is 11.6. The maximum absolute atomic E-state index is 11.6. The van der Waals surface area contributed by atoms with E-state index in [2.05, 4.69) is 13.8 Å². The van der Waals surface area contributed by atoms with E-state index < -0.39 is 5.97 Å². The van der Waals surface area contributed by atoms with Crippen LogP contribution in [0.15, 0.2) is 18.2 Å². The molecule has 21 heavy (non-hydrogen) atoms. The summed E-state index contributed by atoms with van der Waals surface area (Å²) in [6.45, 7) is 6.68. The molecule has 6 heteroatoms. The Morgan fingerprint density at radius 1 is 1.19 bits per heavy atom. The molecule has 0 heterocycles. The monoisotopic (exact) mass is 334 g/mol. The molecule has 4 nitrogen and oxygen atoms in total. The van der Waals surface area contributed by atoms with Crippen LogP contribution in [0.4, 0.5) is 0 Å². The lowest BCUT2D eigenvalue weighted by atomic mass is 10.2. The van der Waals surface area contributed by atoms with Crippen molar-refractivity contribution in [3.8, 4) is 5.75 Å². The number of benzene rings is 1. The predicted octanol–water partition coefficient (Wildman–Crippen LogP) is 3.98. The first kappa shape index (κ1) is 18.1. The quantitative estimate of drug-likeness (QED) is 0.674. The Hall–Kier alpha value is -0.970. The van der Waals surface area contributed by atoms with Crippen LogP contribution in [0.3, 0.4) is 0 Å². The predicted molar refractivity (Wildman–Crippen MR) is 83.2 cm³/mol. The highest BCUT2D eigenvalue weighted by Gasteiger charge is 2.12. The van der Waals surface area contributed by atoms with E-state index in [1.807, 2.05) is 0 Å². The summed E-state index contributed by atoms with van der Waals surface area (Å²) in [7, 11) is 0. The lowest BCUT2D eigenvalue weighted by Gasteiger charge is -2.15. The molecule has 1 rings (SSSR count). The van der Waals surface area contributed by atoms with Gasteiger partial charge < -0.3 is 14.2 Å². The van der Waals surface area contributed by atoms with E-state index >= 15 is 0 Å². The lowest BCUT2D eigenvalue weighted by Crippen LogP contribution is -2.25. The van der Waals surface area contributed by atoms with E-state index in [4.69, 9.17) is 37.4 Å². The molecular formula is C15H20Cl2O4. The van der Waals surface area contributed by atoms with Gasteiger partial charge in [-0.05, 0) is 31.0 Å². The molecule has 0 aliphatic carbocycles. The minimum Gasteiger partial charge on any atom is -0.480 e. The van der Waals surface area contributed by atoms with E-state index in [1.54, 1.807) is 25.1 Å². The van der Waals surface area contributed by atoms with E-state index in [0.29, 0.717) is 34.9 Å². The van der Waals surface area contributed by atoms with Gasteiger partial charge in [0.05, 0.1) is 11.6 Å². The molecule has 1 aromatic rings. The fourth-order valence-corrected chi connectivity index (χ4v) is 1.95. The molecule has 0 spiro atoms. The minimum atomic E-state index is -0.471. The van der Waals surface area contributed by atoms with Crippen LogP contribution >= 0.6 is 23.2 Å². The SMILES string of the molecule is CC(C)COCC(C)OC(=O)COc1ccc(Cl)cc1Cl. The molecule has 0 saturated heterocycles. The number of hydrogen-bond acceptors (Lipinski definition) is 4. The van der Waals surface area contributed by atoms with Crippen LogP contribution in [0.5, 0.6) is 5.75 Å². The Labute approximate surface area is 135 Å². The molecule has 0 radical (unpaired) electrons. The number of rotatable bonds is 8. The van der Waals surface area contributed by atoms with Gasteiger partial charge >= 0.3 is 5.97 Å². The van der Waals surface area contributed by atoms with Crippen molar-refractivity contribution in [3.05, 3.63) is 28.2 Å². The van der Waals surface area contributed by atoms with Gasteiger partial charge in [0.1, 0.15) is 11.9 Å². The van der Waals surface area contributed by atoms with Crippen molar-refractivity contribution in [2.45, 2.75) is 26.9 Å². The van der Waals surface area contributed by atoms with Crippen molar-refractivity contribution in [2.75, 3.05) is 19.8 Å². The minimum absolute atomic E-state index is 0.212. The number of ether oxygens (including phenoxy) is 3. The van der Waals surface area contributed by atoms with E-state index in [9.17, 15) is 4.79 Å². The highest BCUT2D eigenvalue weighted by Crippen LogP contribution is 2.27. The van der Waals surface area contributed by atoms with Gasteiger partial charge in [-0.2, -0.15) is 0 Å². The third kappa shape index (κ3) is 7.55. The Morgan fingerprint density at radius 3 is 2.52 bits per heavy atom. The fraction of sp³-hybridized carbons (Fsp3) is 0.533. The van der Waals surface area contributed by atoms with Gasteiger partial charge in [0.25, 0.3) is 0 Å². The maximum Gasteiger partial charge on any atom is 0.344 e. The van der Waals surface area contributed by atoms with Crippen LogP contribution in [0.2, 0.25) is 10.0 Å². The molecular weight excluding hydrogens is 315 g/mol. The van der Waals surface area contributed by atoms with Crippen LogP contribution < -0.4 is 4.74 Å². The molecule has 0 aliphatic heterocycles. The number of hydrogen-bond donors (Lipinski definition) is 0. The number of carbonyl (C=O) groups excluding carboxylic acids is 1. The van der Waals surface area contributed by atoms with E-state index in [0.717, 1.165) is 0 Å². The molecule has 0 N–H and O–H groups in total. The first-order valence-corrected chi connectivity index (χ1v) is 7.49. The Morgan fingerprint density at radius 2 is 1.90 bits per heavy atom. The lowest BCUT2D eigenvalue weighted by molar-refractivity contribution is -0.153. The second kappa shape index (κ2) is 9.13. The topological polar surface area (TPSA) is 44.8 Å². The van der Waals surface area contributed by atoms with Crippen molar-refractivity contribution in [1.82, 2.24) is 0 Å². The summed E-state index contributed by atoms with van der Waals surface area (Å²) < 4.78 is 15.8. The third-order valence-electron chi connectivity index (χ3n) is 2.38. The number of carbonyl (C=O) groups is 1. The van der Waals surface area contributed by atoms with Crippen LogP contribution in [0.25, 0.3) is 0 Å². The van der Waals surface area contributed by atoms with Gasteiger partial charge in [0, 0.05) is 11.6 Å². The van der Waals surface area contributed by atoms with Crippen LogP contribution in [-0.2, 0) is 14.3 Å². The largest absolute Gasteiger partial charge is 0.480 e. The van der Waals surface area contributed by atoms with E-state index in [1.165, 1.54) is 0 Å². The van der Waals surface area contributed by atoms with Gasteiger partial charge in [0.15, 0.2) is 6.61 Å². The van der Waals surface area contributed by atoms with Gasteiger partial charge in [0.2, 0.25) is 0 Å². The van der Waals surface area contributed by atoms with Gasteiger partial charge in [-0.1, -0.05) is 37.0 Å². The van der Waals surface area contributed by atoms with Crippen molar-refractivity contribution in [1.29, 1.82) is 0 Å². The summed E-state index contributed by atoms with van der Waals surface area (Å²) in [4.78, 5) is 11.6. The van der Waals surface area contributed by atoms with Crippen LogP contribution in [0.1, 0.15) is 20.8 Å². The summed E-state index contributed by atoms with van der Waals surface area (Å²) in [5.41, 5.74) is 0. The normalized spacial score (nSPS) is 12.3. The van der Waals surface area contributed by atoms with Crippen LogP contribution in [-0.4, -0.2) is 31.9 Å². The third-order valence-corrected chi connectivity index (χ3v) is 2.91. The van der Waals surface area contributed by atoms with Crippen molar-refractivity contribution in [2.24, 2.45) is 5.92 Å². The number of halogens is 2. The average Bonchev–Trinajstić information content (AvgIpc) is 2.37. The first-order chi connectivity index (χ1) is 9.88. The van der Waals surface area contributed by atoms with Crippen molar-refractivity contribution in [3.63, 3.8) is 0 Å². The zero-order valence-corrected chi connectivity index (χ0v) is 13.9. The average molecular weight is 335 g/mol. The summed E-state index contributed by atoms with van der Waals surface area (Å²) in [5.74, 6) is 0.367. The second-order valence-electron chi connectivity index (χ2n) is 5.10. The molecule has 0 aliphatic rings. The second-order valence-corrected chi connectivity index (χ2v) is 5.94. The smallest absolute Gasteiger partial charge is 0.344 e. The first-order valence-electron chi connectivity index (χ1n) is 6.73. The Bertz CT molecular complexity index is 463. The molecule has 0 fully saturated rings. The van der Waals surface area contributed by atoms with Gasteiger partial charge in [-0.25, -0.2) is 4.79 Å². The highest BCUT2D eigenvalue weighted by molar-refractivity contribution is 6.35. The van der Waals surface area contributed by atoms with E-state index in [-0.39, 0.29) is 12.7 Å². The highest BCUT2D eigenvalue weighted by atomic mass is 35.5. The molecule has 0 bridgehead atoms. The zero-order chi connectivity index (χ0) is 15.8. The molecule has 1 atom stereocenters. The molecule has 1 aromatic carbocycles. The van der Waals surface area contributed by atoms with Crippen molar-refractivity contribution < 1.29 is 19.0 Å². The molecule has 118 valence electrons. The Kier molecular flexibility index (Phi) is 7.86. The van der Waals surface area contributed by atoms with Gasteiger partial charge in [-0.15, -0.1) is 0 Å². The Balaban J connectivity index is 2.30. The standard InChI is InChI=1S/C15H20Cl2O4/c1-10(2)7-19-8-11(3)21-15(18)9-20-14-5-4-12(16)6-13(14)17/h4-6,10-11H,7-9H2,1-3H3. The molecule has 0 aromatic heterocycles. The van der Waals surface area contributed by atoms with Crippen molar-refractivity contribution >= 4 is 29.2 Å². The molecule has 1 unspecified atom stereocenters. The summed E-state index contributed by atoms with van der Waals surface area (Å²) in [6.07, 6.45) is -0.319. The molecule has 0 amide bonds. The van der Waals surface area contributed by atoms with Gasteiger partial charge in [-0.3, -0.25) is 0 Å². The fourth-order valence-electron chi connectivity index (χ4n) is 1.49. The molecule has 0 saturated carbocycles. The summed E-state index contributed by atoms with van der Waals surface area (Å²) in [5, 5.41) is 0.856. The zero-order valence-electron chi connectivity index (χ0n) is 12.4. The summed E-state index contributed by atoms with van der Waals surface area (Å²) >= 11 is 11.7. The van der Waals surface area contributed by atoms with Crippen LogP contribution in [0, 0.1) is 5.92 Å². The number of esters is 1. The summed E-state index contributed by atoms with van der Waals surface area (Å²) in [6, 6.07) is 4.79.